The van der Waals surface area contributed by atoms with Crippen LogP contribution in [0.15, 0.2) is 48.7 Å². The van der Waals surface area contributed by atoms with Crippen molar-refractivity contribution in [2.24, 2.45) is 5.73 Å². The molecule has 1 unspecified atom stereocenters. The molecule has 1 heterocycles. The fourth-order valence-corrected chi connectivity index (χ4v) is 2.95. The van der Waals surface area contributed by atoms with Gasteiger partial charge in [0, 0.05) is 16.7 Å². The molecule has 0 saturated carbocycles. The molecule has 3 rings (SSSR count). The van der Waals surface area contributed by atoms with Crippen molar-refractivity contribution < 1.29 is 23.1 Å². The number of amides is 1. The molecule has 0 saturated heterocycles. The van der Waals surface area contributed by atoms with Crippen LogP contribution in [0.2, 0.25) is 0 Å². The van der Waals surface area contributed by atoms with E-state index in [1.807, 2.05) is 6.07 Å². The molecule has 1 amide bonds. The van der Waals surface area contributed by atoms with Crippen LogP contribution in [0.3, 0.4) is 0 Å². The molecule has 0 bridgehead atoms. The number of nitriles is 1. The fraction of sp³-hybridized carbons (Fsp3) is 0.130. The average molecular weight is 451 g/mol. The molecular weight excluding hydrogens is 435 g/mol. The van der Waals surface area contributed by atoms with Gasteiger partial charge in [0.05, 0.1) is 23.5 Å². The second-order valence-electron chi connectivity index (χ2n) is 7.03. The summed E-state index contributed by atoms with van der Waals surface area (Å²) in [7, 11) is 0. The normalized spacial score (nSPS) is 12.7. The Hall–Kier alpha value is -4.41. The van der Waals surface area contributed by atoms with Crippen LogP contribution in [0.1, 0.15) is 27.9 Å². The van der Waals surface area contributed by atoms with Crippen molar-refractivity contribution in [3.63, 3.8) is 0 Å². The summed E-state index contributed by atoms with van der Waals surface area (Å²) in [5, 5.41) is 19.0. The van der Waals surface area contributed by atoms with Gasteiger partial charge in [-0.25, -0.2) is 9.97 Å². The van der Waals surface area contributed by atoms with E-state index in [4.69, 9.17) is 16.7 Å². The van der Waals surface area contributed by atoms with Gasteiger partial charge in [0.2, 0.25) is 0 Å². The Kier molecular flexibility index (Phi) is 6.07. The van der Waals surface area contributed by atoms with Crippen molar-refractivity contribution >= 4 is 11.7 Å². The third-order valence-corrected chi connectivity index (χ3v) is 4.84. The maximum Gasteiger partial charge on any atom is 0.430 e. The van der Waals surface area contributed by atoms with Gasteiger partial charge in [-0.1, -0.05) is 18.1 Å². The summed E-state index contributed by atoms with van der Waals surface area (Å²) in [6.45, 7) is 1.61. The molecular formula is C23H16F3N5O2. The maximum absolute atomic E-state index is 13.5. The molecule has 7 nitrogen and oxygen atoms in total. The molecule has 3 aromatic rings. The number of nitrogens with zero attached hydrogens (tertiary/aromatic N) is 3. The monoisotopic (exact) mass is 451 g/mol. The van der Waals surface area contributed by atoms with Crippen LogP contribution in [-0.4, -0.2) is 27.2 Å². The number of aryl methyl sites for hydroxylation is 1. The summed E-state index contributed by atoms with van der Waals surface area (Å²) in [4.78, 5) is 19.8. The standard InChI is InChI=1S/C23H16F3N5O2/c1-13-2-8-16(22(33,21(29)32)23(24,25)26)10-17(13)19-12-30-20(28)18(31-19)9-7-14-3-5-15(11-27)6-4-14/h2-6,8,10,12,33H,1H3,(H2,28,30)(H2,29,32). The largest absolute Gasteiger partial charge is 0.430 e. The van der Waals surface area contributed by atoms with Gasteiger partial charge < -0.3 is 16.6 Å². The van der Waals surface area contributed by atoms with E-state index in [9.17, 15) is 23.1 Å². The lowest BCUT2D eigenvalue weighted by Gasteiger charge is -2.28. The van der Waals surface area contributed by atoms with Gasteiger partial charge in [-0.05, 0) is 48.7 Å². The number of benzene rings is 2. The first-order valence-corrected chi connectivity index (χ1v) is 9.32. The van der Waals surface area contributed by atoms with Crippen molar-refractivity contribution in [2.45, 2.75) is 18.7 Å². The predicted octanol–water partition coefficient (Wildman–Crippen LogP) is 2.54. The third kappa shape index (κ3) is 4.47. The zero-order valence-electron chi connectivity index (χ0n) is 17.1. The van der Waals surface area contributed by atoms with Crippen molar-refractivity contribution in [3.05, 3.63) is 76.6 Å². The van der Waals surface area contributed by atoms with E-state index in [0.717, 1.165) is 12.1 Å². The summed E-state index contributed by atoms with van der Waals surface area (Å²) in [5.74, 6) is 3.62. The number of carbonyl (C=O) groups is 1. The Bertz CT molecular complexity index is 1340. The first-order valence-electron chi connectivity index (χ1n) is 9.32. The Morgan fingerprint density at radius 3 is 2.30 bits per heavy atom. The lowest BCUT2D eigenvalue weighted by Crippen LogP contribution is -2.52. The number of rotatable bonds is 3. The summed E-state index contributed by atoms with van der Waals surface area (Å²) in [6, 6.07) is 11.7. The highest BCUT2D eigenvalue weighted by atomic mass is 19.4. The van der Waals surface area contributed by atoms with Crippen LogP contribution in [0.4, 0.5) is 19.0 Å². The quantitative estimate of drug-likeness (QED) is 0.523. The van der Waals surface area contributed by atoms with E-state index in [-0.39, 0.29) is 22.8 Å². The summed E-state index contributed by atoms with van der Waals surface area (Å²) in [5.41, 5.74) is 8.00. The lowest BCUT2D eigenvalue weighted by molar-refractivity contribution is -0.255. The third-order valence-electron chi connectivity index (χ3n) is 4.84. The lowest BCUT2D eigenvalue weighted by atomic mass is 9.89. The average Bonchev–Trinajstić information content (AvgIpc) is 2.78. The van der Waals surface area contributed by atoms with E-state index in [0.29, 0.717) is 16.7 Å². The topological polar surface area (TPSA) is 139 Å². The number of anilines is 1. The SMILES string of the molecule is Cc1ccc(C(O)(C(N)=O)C(F)(F)F)cc1-c1cnc(N)c(C#Cc2ccc(C#N)cc2)n1. The Morgan fingerprint density at radius 2 is 1.73 bits per heavy atom. The second-order valence-corrected chi connectivity index (χ2v) is 7.03. The Labute approximate surface area is 186 Å². The fourth-order valence-electron chi connectivity index (χ4n) is 2.95. The van der Waals surface area contributed by atoms with Gasteiger partial charge in [0.15, 0.2) is 11.5 Å². The van der Waals surface area contributed by atoms with Crippen LogP contribution >= 0.6 is 0 Å². The van der Waals surface area contributed by atoms with Gasteiger partial charge in [-0.2, -0.15) is 18.4 Å². The van der Waals surface area contributed by atoms with Crippen LogP contribution in [0.5, 0.6) is 0 Å². The van der Waals surface area contributed by atoms with Gasteiger partial charge in [-0.3, -0.25) is 4.79 Å². The molecule has 0 radical (unpaired) electrons. The van der Waals surface area contributed by atoms with E-state index in [1.54, 1.807) is 31.2 Å². The van der Waals surface area contributed by atoms with E-state index < -0.39 is 23.2 Å². The van der Waals surface area contributed by atoms with Crippen LogP contribution in [0, 0.1) is 30.1 Å². The van der Waals surface area contributed by atoms with Crippen LogP contribution in [0.25, 0.3) is 11.3 Å². The number of primary amides is 1. The molecule has 2 aromatic carbocycles. The minimum atomic E-state index is -5.34. The zero-order chi connectivity index (χ0) is 24.4. The van der Waals surface area contributed by atoms with Gasteiger partial charge in [0.25, 0.3) is 11.5 Å². The Balaban J connectivity index is 2.08. The number of halogens is 3. The van der Waals surface area contributed by atoms with E-state index in [1.165, 1.54) is 12.3 Å². The minimum Gasteiger partial charge on any atom is -0.381 e. The molecule has 33 heavy (non-hydrogen) atoms. The molecule has 0 aliphatic rings. The first-order chi connectivity index (χ1) is 15.5. The van der Waals surface area contributed by atoms with Crippen molar-refractivity contribution in [2.75, 3.05) is 5.73 Å². The molecule has 0 aliphatic carbocycles. The number of nitrogens with two attached hydrogens (primary N) is 2. The van der Waals surface area contributed by atoms with Crippen molar-refractivity contribution in [1.82, 2.24) is 9.97 Å². The van der Waals surface area contributed by atoms with E-state index >= 15 is 0 Å². The molecule has 166 valence electrons. The molecule has 1 atom stereocenters. The summed E-state index contributed by atoms with van der Waals surface area (Å²) in [6.07, 6.45) is -4.10. The van der Waals surface area contributed by atoms with E-state index in [2.05, 4.69) is 21.8 Å². The second kappa shape index (κ2) is 8.61. The molecule has 0 aliphatic heterocycles. The smallest absolute Gasteiger partial charge is 0.381 e. The first kappa shape index (κ1) is 23.3. The summed E-state index contributed by atoms with van der Waals surface area (Å²) >= 11 is 0. The number of aromatic nitrogens is 2. The summed E-state index contributed by atoms with van der Waals surface area (Å²) < 4.78 is 40.4. The molecule has 5 N–H and O–H groups in total. The number of hydrogen-bond donors (Lipinski definition) is 3. The highest BCUT2D eigenvalue weighted by molar-refractivity contribution is 5.86. The zero-order valence-corrected chi connectivity index (χ0v) is 17.1. The molecule has 0 fully saturated rings. The highest BCUT2D eigenvalue weighted by Crippen LogP contribution is 2.40. The number of nitrogen functional groups attached to an aromatic ring is 1. The Morgan fingerprint density at radius 1 is 1.09 bits per heavy atom. The predicted molar refractivity (Wildman–Crippen MR) is 113 cm³/mol. The highest BCUT2D eigenvalue weighted by Gasteiger charge is 2.60. The maximum atomic E-state index is 13.5. The van der Waals surface area contributed by atoms with Gasteiger partial charge >= 0.3 is 6.18 Å². The van der Waals surface area contributed by atoms with Gasteiger partial charge in [0.1, 0.15) is 0 Å². The minimum absolute atomic E-state index is 0.00219. The number of hydrogen-bond acceptors (Lipinski definition) is 6. The molecule has 1 aromatic heterocycles. The van der Waals surface area contributed by atoms with Crippen LogP contribution in [-0.2, 0) is 10.4 Å². The number of aliphatic hydroxyl groups is 1. The van der Waals surface area contributed by atoms with Crippen molar-refractivity contribution in [1.29, 1.82) is 5.26 Å². The van der Waals surface area contributed by atoms with Crippen LogP contribution < -0.4 is 11.5 Å². The van der Waals surface area contributed by atoms with Gasteiger partial charge in [-0.15, -0.1) is 0 Å². The molecule has 10 heteroatoms. The number of carbonyl (C=O) groups excluding carboxylic acids is 1. The van der Waals surface area contributed by atoms with Crippen molar-refractivity contribution in [3.8, 4) is 29.2 Å². The number of alkyl halides is 3. The molecule has 0 spiro atoms.